The predicted octanol–water partition coefficient (Wildman–Crippen LogP) is 2.40. The van der Waals surface area contributed by atoms with Crippen LogP contribution in [0.1, 0.15) is 45.4 Å². The van der Waals surface area contributed by atoms with Gasteiger partial charge in [-0.2, -0.15) is 13.2 Å². The van der Waals surface area contributed by atoms with Gasteiger partial charge in [0.1, 0.15) is 6.61 Å². The lowest BCUT2D eigenvalue weighted by Gasteiger charge is -2.35. The average Bonchev–Trinajstić information content (AvgIpc) is 2.41. The van der Waals surface area contributed by atoms with Gasteiger partial charge in [-0.05, 0) is 31.6 Å². The maximum atomic E-state index is 11.8. The fraction of sp³-hybridized carbons (Fsp3) is 0.929. The number of rotatable bonds is 7. The lowest BCUT2D eigenvalue weighted by Crippen LogP contribution is -2.45. The van der Waals surface area contributed by atoms with Gasteiger partial charge in [-0.3, -0.25) is 4.79 Å². The largest absolute Gasteiger partial charge is 0.411 e. The molecule has 21 heavy (non-hydrogen) atoms. The Morgan fingerprint density at radius 2 is 2.00 bits per heavy atom. The van der Waals surface area contributed by atoms with E-state index in [-0.39, 0.29) is 19.6 Å². The van der Waals surface area contributed by atoms with E-state index in [1.165, 1.54) is 0 Å². The molecule has 1 rings (SSSR count). The molecule has 0 saturated heterocycles. The van der Waals surface area contributed by atoms with Gasteiger partial charge in [-0.25, -0.2) is 0 Å². The van der Waals surface area contributed by atoms with Gasteiger partial charge in [0, 0.05) is 13.0 Å². The van der Waals surface area contributed by atoms with Crippen molar-refractivity contribution in [1.82, 2.24) is 5.32 Å². The van der Waals surface area contributed by atoms with E-state index in [4.69, 9.17) is 0 Å². The number of carbonyl (C=O) groups excluding carboxylic acids is 1. The minimum Gasteiger partial charge on any atom is -0.388 e. The average molecular weight is 311 g/mol. The summed E-state index contributed by atoms with van der Waals surface area (Å²) in [5, 5.41) is 12.9. The van der Waals surface area contributed by atoms with Gasteiger partial charge in [0.25, 0.3) is 0 Å². The molecular formula is C14H24F3NO3. The summed E-state index contributed by atoms with van der Waals surface area (Å²) >= 11 is 0. The highest BCUT2D eigenvalue weighted by Crippen LogP contribution is 2.33. The van der Waals surface area contributed by atoms with Gasteiger partial charge < -0.3 is 15.2 Å². The molecule has 0 aliphatic heterocycles. The lowest BCUT2D eigenvalue weighted by molar-refractivity contribution is -0.174. The second-order valence-corrected chi connectivity index (χ2v) is 5.77. The van der Waals surface area contributed by atoms with Crippen LogP contribution in [-0.2, 0) is 9.53 Å². The second kappa shape index (κ2) is 7.98. The number of halogens is 3. The van der Waals surface area contributed by atoms with Crippen LogP contribution in [0.4, 0.5) is 13.2 Å². The summed E-state index contributed by atoms with van der Waals surface area (Å²) in [6.07, 6.45) is -0.228. The molecule has 1 aliphatic rings. The maximum Gasteiger partial charge on any atom is 0.411 e. The van der Waals surface area contributed by atoms with Gasteiger partial charge in [0.2, 0.25) is 5.91 Å². The summed E-state index contributed by atoms with van der Waals surface area (Å²) in [5.41, 5.74) is -0.881. The highest BCUT2D eigenvalue weighted by Gasteiger charge is 2.32. The zero-order valence-corrected chi connectivity index (χ0v) is 12.3. The van der Waals surface area contributed by atoms with Crippen molar-refractivity contribution < 1.29 is 27.8 Å². The van der Waals surface area contributed by atoms with E-state index >= 15 is 0 Å². The SMILES string of the molecule is CCC1CCC(O)(CNC(=O)CCOCC(F)(F)F)CC1. The van der Waals surface area contributed by atoms with Crippen LogP contribution in [0, 0.1) is 5.92 Å². The lowest BCUT2D eigenvalue weighted by atomic mass is 9.78. The predicted molar refractivity (Wildman–Crippen MR) is 71.7 cm³/mol. The third-order valence-electron chi connectivity index (χ3n) is 3.97. The summed E-state index contributed by atoms with van der Waals surface area (Å²) in [5.74, 6) is 0.236. The van der Waals surface area contributed by atoms with Crippen molar-refractivity contribution in [2.24, 2.45) is 5.92 Å². The standard InChI is InChI=1S/C14H24F3NO3/c1-2-11-3-6-13(20,7-4-11)9-18-12(19)5-8-21-10-14(15,16)17/h11,20H,2-10H2,1H3,(H,18,19). The fourth-order valence-corrected chi connectivity index (χ4v) is 2.50. The van der Waals surface area contributed by atoms with E-state index in [1.807, 2.05) is 0 Å². The van der Waals surface area contributed by atoms with E-state index in [9.17, 15) is 23.1 Å². The molecule has 0 aromatic carbocycles. The molecule has 1 saturated carbocycles. The third-order valence-corrected chi connectivity index (χ3v) is 3.97. The molecule has 4 nitrogen and oxygen atoms in total. The first kappa shape index (κ1) is 18.2. The molecule has 1 aliphatic carbocycles. The van der Waals surface area contributed by atoms with Crippen molar-refractivity contribution in [3.8, 4) is 0 Å². The molecule has 2 N–H and O–H groups in total. The van der Waals surface area contributed by atoms with Crippen LogP contribution in [0.15, 0.2) is 0 Å². The molecule has 0 unspecified atom stereocenters. The summed E-state index contributed by atoms with van der Waals surface area (Å²) < 4.78 is 39.8. The van der Waals surface area contributed by atoms with Crippen molar-refractivity contribution in [3.63, 3.8) is 0 Å². The smallest absolute Gasteiger partial charge is 0.388 e. The molecule has 0 aromatic heterocycles. The highest BCUT2D eigenvalue weighted by molar-refractivity contribution is 5.76. The van der Waals surface area contributed by atoms with Crippen LogP contribution in [0.5, 0.6) is 0 Å². The van der Waals surface area contributed by atoms with Crippen LogP contribution in [0.25, 0.3) is 0 Å². The minimum atomic E-state index is -4.37. The summed E-state index contributed by atoms with van der Waals surface area (Å²) in [7, 11) is 0. The van der Waals surface area contributed by atoms with Crippen molar-refractivity contribution in [2.45, 2.75) is 57.2 Å². The number of hydrogen-bond donors (Lipinski definition) is 2. The molecule has 0 bridgehead atoms. The van der Waals surface area contributed by atoms with Crippen LogP contribution in [0.3, 0.4) is 0 Å². The first-order valence-electron chi connectivity index (χ1n) is 7.38. The summed E-state index contributed by atoms with van der Waals surface area (Å²) in [4.78, 5) is 11.5. The van der Waals surface area contributed by atoms with Gasteiger partial charge >= 0.3 is 6.18 Å². The first-order chi connectivity index (χ1) is 9.74. The quantitative estimate of drug-likeness (QED) is 0.710. The Morgan fingerprint density at radius 1 is 1.38 bits per heavy atom. The maximum absolute atomic E-state index is 11.8. The number of hydrogen-bond acceptors (Lipinski definition) is 3. The van der Waals surface area contributed by atoms with Crippen LogP contribution >= 0.6 is 0 Å². The van der Waals surface area contributed by atoms with Crippen LogP contribution in [0.2, 0.25) is 0 Å². The molecule has 0 spiro atoms. The van der Waals surface area contributed by atoms with E-state index in [0.717, 1.165) is 19.3 Å². The topological polar surface area (TPSA) is 58.6 Å². The Balaban J connectivity index is 2.15. The molecule has 124 valence electrons. The molecule has 7 heteroatoms. The molecular weight excluding hydrogens is 287 g/mol. The second-order valence-electron chi connectivity index (χ2n) is 5.77. The number of amides is 1. The Labute approximate surface area is 123 Å². The van der Waals surface area contributed by atoms with Crippen molar-refractivity contribution >= 4 is 5.91 Å². The number of alkyl halides is 3. The van der Waals surface area contributed by atoms with Crippen molar-refractivity contribution in [2.75, 3.05) is 19.8 Å². The molecule has 1 fully saturated rings. The number of ether oxygens (including phenoxy) is 1. The number of carbonyl (C=O) groups is 1. The highest BCUT2D eigenvalue weighted by atomic mass is 19.4. The summed E-state index contributed by atoms with van der Waals surface area (Å²) in [6, 6.07) is 0. The van der Waals surface area contributed by atoms with E-state index in [0.29, 0.717) is 18.8 Å². The Hall–Kier alpha value is -0.820. The van der Waals surface area contributed by atoms with Crippen molar-refractivity contribution in [3.05, 3.63) is 0 Å². The normalized spacial score (nSPS) is 26.6. The monoisotopic (exact) mass is 311 g/mol. The van der Waals surface area contributed by atoms with Crippen molar-refractivity contribution in [1.29, 1.82) is 0 Å². The molecule has 0 aromatic rings. The number of aliphatic hydroxyl groups is 1. The van der Waals surface area contributed by atoms with Gasteiger partial charge in [0.15, 0.2) is 0 Å². The Bertz CT molecular complexity index is 326. The fourth-order valence-electron chi connectivity index (χ4n) is 2.50. The zero-order valence-electron chi connectivity index (χ0n) is 12.3. The molecule has 0 atom stereocenters. The zero-order chi connectivity index (χ0) is 15.9. The van der Waals surface area contributed by atoms with Gasteiger partial charge in [-0.15, -0.1) is 0 Å². The van der Waals surface area contributed by atoms with Gasteiger partial charge in [0.05, 0.1) is 12.2 Å². The number of nitrogens with one attached hydrogen (secondary N) is 1. The van der Waals surface area contributed by atoms with Gasteiger partial charge in [-0.1, -0.05) is 13.3 Å². The van der Waals surface area contributed by atoms with E-state index in [2.05, 4.69) is 17.0 Å². The minimum absolute atomic E-state index is 0.135. The Kier molecular flexibility index (Phi) is 6.93. The van der Waals surface area contributed by atoms with Crippen LogP contribution in [-0.4, -0.2) is 42.5 Å². The first-order valence-corrected chi connectivity index (χ1v) is 7.38. The molecule has 0 heterocycles. The Morgan fingerprint density at radius 3 is 2.52 bits per heavy atom. The molecule has 1 amide bonds. The van der Waals surface area contributed by atoms with E-state index < -0.39 is 24.3 Å². The van der Waals surface area contributed by atoms with E-state index in [1.54, 1.807) is 0 Å². The molecule has 0 radical (unpaired) electrons. The van der Waals surface area contributed by atoms with Crippen LogP contribution < -0.4 is 5.32 Å². The summed E-state index contributed by atoms with van der Waals surface area (Å²) in [6.45, 7) is 0.656. The third kappa shape index (κ3) is 7.66.